The first-order chi connectivity index (χ1) is 11.5. The van der Waals surface area contributed by atoms with E-state index in [4.69, 9.17) is 9.57 Å². The van der Waals surface area contributed by atoms with Crippen LogP contribution in [-0.2, 0) is 24.0 Å². The van der Waals surface area contributed by atoms with Crippen LogP contribution in [-0.4, -0.2) is 42.0 Å². The number of fused-ring (bicyclic) bond motifs is 3. The van der Waals surface area contributed by atoms with E-state index in [0.717, 1.165) is 5.56 Å². The van der Waals surface area contributed by atoms with Crippen LogP contribution in [0.2, 0.25) is 0 Å². The molecule has 0 saturated carbocycles. The number of carbonyl (C=O) groups is 3. The SMILES string of the molecule is CCOC(=O)CC1C(=O)Nc2ccccc2C2C(C(C)=O)CON12. The van der Waals surface area contributed by atoms with Gasteiger partial charge in [-0.2, -0.15) is 5.06 Å². The second-order valence-corrected chi connectivity index (χ2v) is 5.92. The molecule has 128 valence electrons. The molecule has 2 heterocycles. The summed E-state index contributed by atoms with van der Waals surface area (Å²) >= 11 is 0. The van der Waals surface area contributed by atoms with E-state index in [1.807, 2.05) is 18.2 Å². The molecule has 3 atom stereocenters. The maximum atomic E-state index is 12.6. The number of hydroxylamine groups is 2. The van der Waals surface area contributed by atoms with Crippen molar-refractivity contribution >= 4 is 23.3 Å². The molecule has 1 aromatic rings. The number of ether oxygens (including phenoxy) is 1. The van der Waals surface area contributed by atoms with Crippen LogP contribution in [0.4, 0.5) is 5.69 Å². The summed E-state index contributed by atoms with van der Waals surface area (Å²) in [5, 5.41) is 4.32. The molecule has 7 heteroatoms. The highest BCUT2D eigenvalue weighted by molar-refractivity contribution is 5.98. The van der Waals surface area contributed by atoms with Crippen LogP contribution in [0.3, 0.4) is 0 Å². The topological polar surface area (TPSA) is 84.9 Å². The van der Waals surface area contributed by atoms with E-state index in [1.54, 1.807) is 13.0 Å². The minimum atomic E-state index is -0.842. The van der Waals surface area contributed by atoms with Gasteiger partial charge in [-0.25, -0.2) is 0 Å². The lowest BCUT2D eigenvalue weighted by molar-refractivity contribution is -0.178. The molecule has 0 bridgehead atoms. The summed E-state index contributed by atoms with van der Waals surface area (Å²) in [5.74, 6) is -1.22. The summed E-state index contributed by atoms with van der Waals surface area (Å²) in [5.41, 5.74) is 1.45. The third-order valence-corrected chi connectivity index (χ3v) is 4.39. The van der Waals surface area contributed by atoms with E-state index in [-0.39, 0.29) is 37.2 Å². The number of esters is 1. The van der Waals surface area contributed by atoms with Crippen LogP contribution in [0.15, 0.2) is 24.3 Å². The van der Waals surface area contributed by atoms with Gasteiger partial charge in [-0.05, 0) is 25.5 Å². The molecule has 0 radical (unpaired) electrons. The van der Waals surface area contributed by atoms with Crippen molar-refractivity contribution in [2.24, 2.45) is 5.92 Å². The lowest BCUT2D eigenvalue weighted by Gasteiger charge is -2.28. The van der Waals surface area contributed by atoms with Crippen molar-refractivity contribution in [3.05, 3.63) is 29.8 Å². The van der Waals surface area contributed by atoms with E-state index in [2.05, 4.69) is 5.32 Å². The van der Waals surface area contributed by atoms with Gasteiger partial charge >= 0.3 is 5.97 Å². The summed E-state index contributed by atoms with van der Waals surface area (Å²) in [6.07, 6.45) is -0.130. The molecule has 1 aromatic carbocycles. The van der Waals surface area contributed by atoms with Crippen LogP contribution >= 0.6 is 0 Å². The predicted molar refractivity (Wildman–Crippen MR) is 84.8 cm³/mol. The summed E-state index contributed by atoms with van der Waals surface area (Å²) in [6, 6.07) is 6.07. The van der Waals surface area contributed by atoms with Crippen molar-refractivity contribution < 1.29 is 24.0 Å². The number of amides is 1. The number of nitrogens with zero attached hydrogens (tertiary/aromatic N) is 1. The Morgan fingerprint density at radius 3 is 2.83 bits per heavy atom. The predicted octanol–water partition coefficient (Wildman–Crippen LogP) is 1.45. The molecule has 0 spiro atoms. The van der Waals surface area contributed by atoms with E-state index in [9.17, 15) is 14.4 Å². The van der Waals surface area contributed by atoms with Gasteiger partial charge in [0.05, 0.1) is 31.6 Å². The first kappa shape index (κ1) is 16.6. The number of benzene rings is 1. The number of nitrogens with one attached hydrogen (secondary N) is 1. The highest BCUT2D eigenvalue weighted by Gasteiger charge is 2.48. The molecular weight excluding hydrogens is 312 g/mol. The van der Waals surface area contributed by atoms with Gasteiger partial charge in [0, 0.05) is 5.69 Å². The molecular formula is C17H20N2O5. The molecule has 7 nitrogen and oxygen atoms in total. The maximum Gasteiger partial charge on any atom is 0.308 e. The van der Waals surface area contributed by atoms with Gasteiger partial charge in [-0.15, -0.1) is 0 Å². The molecule has 1 saturated heterocycles. The Balaban J connectivity index is 1.99. The first-order valence-corrected chi connectivity index (χ1v) is 8.00. The van der Waals surface area contributed by atoms with Crippen molar-refractivity contribution in [2.75, 3.05) is 18.5 Å². The number of rotatable bonds is 4. The number of Topliss-reactive ketones (excluding diaryl/α,β-unsaturated/α-hetero) is 1. The van der Waals surface area contributed by atoms with Crippen LogP contribution in [0.5, 0.6) is 0 Å². The van der Waals surface area contributed by atoms with Crippen molar-refractivity contribution in [3.63, 3.8) is 0 Å². The molecule has 2 aliphatic rings. The normalized spacial score (nSPS) is 26.1. The van der Waals surface area contributed by atoms with Gasteiger partial charge in [0.1, 0.15) is 11.8 Å². The van der Waals surface area contributed by atoms with Crippen molar-refractivity contribution in [1.29, 1.82) is 0 Å². The van der Waals surface area contributed by atoms with Crippen LogP contribution in [0.1, 0.15) is 31.9 Å². The third-order valence-electron chi connectivity index (χ3n) is 4.39. The molecule has 0 aliphatic carbocycles. The van der Waals surface area contributed by atoms with Gasteiger partial charge < -0.3 is 10.1 Å². The number of ketones is 1. The number of para-hydroxylation sites is 1. The fraction of sp³-hybridized carbons (Fsp3) is 0.471. The minimum absolute atomic E-state index is 0.0125. The first-order valence-electron chi connectivity index (χ1n) is 8.00. The smallest absolute Gasteiger partial charge is 0.308 e. The van der Waals surface area contributed by atoms with Gasteiger partial charge in [0.25, 0.3) is 0 Å². The fourth-order valence-electron chi connectivity index (χ4n) is 3.25. The molecule has 0 aromatic heterocycles. The summed E-state index contributed by atoms with van der Waals surface area (Å²) in [6.45, 7) is 3.66. The fourth-order valence-corrected chi connectivity index (χ4v) is 3.25. The summed E-state index contributed by atoms with van der Waals surface area (Å²) in [7, 11) is 0. The van der Waals surface area contributed by atoms with Crippen molar-refractivity contribution in [1.82, 2.24) is 5.06 Å². The summed E-state index contributed by atoms with van der Waals surface area (Å²) < 4.78 is 4.97. The Kier molecular flexibility index (Phi) is 4.64. The molecule has 2 aliphatic heterocycles. The maximum absolute atomic E-state index is 12.6. The minimum Gasteiger partial charge on any atom is -0.466 e. The Morgan fingerprint density at radius 1 is 1.38 bits per heavy atom. The molecule has 3 unspecified atom stereocenters. The molecule has 1 fully saturated rings. The Hall–Kier alpha value is -2.25. The van der Waals surface area contributed by atoms with Gasteiger partial charge in [-0.1, -0.05) is 18.2 Å². The zero-order chi connectivity index (χ0) is 17.3. The van der Waals surface area contributed by atoms with Crippen molar-refractivity contribution in [2.45, 2.75) is 32.4 Å². The lowest BCUT2D eigenvalue weighted by Crippen LogP contribution is -2.43. The number of carbonyl (C=O) groups excluding carboxylic acids is 3. The average Bonchev–Trinajstić information content (AvgIpc) is 2.93. The molecule has 3 rings (SSSR count). The number of hydrogen-bond acceptors (Lipinski definition) is 6. The Morgan fingerprint density at radius 2 is 2.12 bits per heavy atom. The zero-order valence-corrected chi connectivity index (χ0v) is 13.7. The average molecular weight is 332 g/mol. The van der Waals surface area contributed by atoms with Gasteiger partial charge in [0.2, 0.25) is 5.91 Å². The van der Waals surface area contributed by atoms with E-state index in [0.29, 0.717) is 5.69 Å². The van der Waals surface area contributed by atoms with Crippen LogP contribution in [0.25, 0.3) is 0 Å². The lowest BCUT2D eigenvalue weighted by atomic mass is 9.90. The van der Waals surface area contributed by atoms with Crippen LogP contribution < -0.4 is 5.32 Å². The number of anilines is 1. The van der Waals surface area contributed by atoms with E-state index in [1.165, 1.54) is 12.0 Å². The second kappa shape index (κ2) is 6.70. The summed E-state index contributed by atoms with van der Waals surface area (Å²) in [4.78, 5) is 42.2. The second-order valence-electron chi connectivity index (χ2n) is 5.92. The quantitative estimate of drug-likeness (QED) is 0.840. The molecule has 1 amide bonds. The van der Waals surface area contributed by atoms with Gasteiger partial charge in [0.15, 0.2) is 0 Å². The van der Waals surface area contributed by atoms with E-state index >= 15 is 0 Å². The molecule has 1 N–H and O–H groups in total. The highest BCUT2D eigenvalue weighted by atomic mass is 16.7. The standard InChI is InChI=1S/C17H20N2O5/c1-3-23-15(21)8-14-17(22)18-13-7-5-4-6-11(13)16-12(10(2)20)9-24-19(14)16/h4-7,12,14,16H,3,8-9H2,1-2H3,(H,18,22). The van der Waals surface area contributed by atoms with E-state index < -0.39 is 18.1 Å². The largest absolute Gasteiger partial charge is 0.466 e. The van der Waals surface area contributed by atoms with Crippen LogP contribution in [0, 0.1) is 5.92 Å². The molecule has 24 heavy (non-hydrogen) atoms. The Labute approximate surface area is 139 Å². The number of hydrogen-bond donors (Lipinski definition) is 1. The third kappa shape index (κ3) is 2.92. The Bertz CT molecular complexity index is 675. The van der Waals surface area contributed by atoms with Gasteiger partial charge in [-0.3, -0.25) is 19.2 Å². The highest BCUT2D eigenvalue weighted by Crippen LogP contribution is 2.43. The zero-order valence-electron chi connectivity index (χ0n) is 13.7. The van der Waals surface area contributed by atoms with Crippen molar-refractivity contribution in [3.8, 4) is 0 Å². The monoisotopic (exact) mass is 332 g/mol.